The first kappa shape index (κ1) is 24.7. The number of Topliss-reactive ketones (excluding diaryl/α,β-unsaturated/α-hetero) is 1. The number of nitrogens with zero attached hydrogens (tertiary/aromatic N) is 2. The third-order valence-corrected chi connectivity index (χ3v) is 7.30. The molecule has 190 valence electrons. The molecule has 1 aliphatic heterocycles. The molecule has 0 aliphatic carbocycles. The van der Waals surface area contributed by atoms with Crippen LogP contribution in [0, 0.1) is 5.92 Å². The summed E-state index contributed by atoms with van der Waals surface area (Å²) in [7, 11) is 0. The fourth-order valence-corrected chi connectivity index (χ4v) is 4.99. The van der Waals surface area contributed by atoms with Gasteiger partial charge in [0.1, 0.15) is 11.5 Å². The van der Waals surface area contributed by atoms with Crippen LogP contribution in [0.2, 0.25) is 0 Å². The number of benzene rings is 3. The van der Waals surface area contributed by atoms with Crippen LogP contribution >= 0.6 is 0 Å². The van der Waals surface area contributed by atoms with Gasteiger partial charge in [-0.15, -0.1) is 0 Å². The van der Waals surface area contributed by atoms with Gasteiger partial charge in [0.25, 0.3) is 0 Å². The molecule has 3 aromatic carbocycles. The molecule has 0 bridgehead atoms. The molecule has 1 saturated heterocycles. The Balaban J connectivity index is 1.60. The van der Waals surface area contributed by atoms with Crippen LogP contribution < -0.4 is 5.32 Å². The number of phenolic OH excluding ortho intramolecular Hbond substituents is 1. The van der Waals surface area contributed by atoms with E-state index in [1.54, 1.807) is 18.2 Å². The summed E-state index contributed by atoms with van der Waals surface area (Å²) in [6.07, 6.45) is 3.13. The molecule has 0 unspecified atom stereocenters. The second-order valence-corrected chi connectivity index (χ2v) is 9.78. The van der Waals surface area contributed by atoms with Gasteiger partial charge in [0.15, 0.2) is 5.78 Å². The quantitative estimate of drug-likeness (QED) is 0.115. The summed E-state index contributed by atoms with van der Waals surface area (Å²) in [6, 6.07) is 17.5. The first-order valence-electron chi connectivity index (χ1n) is 12.9. The van der Waals surface area contributed by atoms with Crippen molar-refractivity contribution in [1.29, 1.82) is 0 Å². The third kappa shape index (κ3) is 4.87. The van der Waals surface area contributed by atoms with E-state index in [0.29, 0.717) is 29.0 Å². The number of carbonyl (C=O) groups is 2. The number of hydrogen-bond acceptors (Lipinski definition) is 6. The molecule has 0 radical (unpaired) electrons. The highest BCUT2D eigenvalue weighted by atomic mass is 16.4. The van der Waals surface area contributed by atoms with E-state index in [1.807, 2.05) is 37.3 Å². The van der Waals surface area contributed by atoms with Crippen molar-refractivity contribution in [3.05, 3.63) is 77.4 Å². The lowest BCUT2D eigenvalue weighted by atomic mass is 9.99. The predicted molar refractivity (Wildman–Crippen MR) is 145 cm³/mol. The van der Waals surface area contributed by atoms with Crippen molar-refractivity contribution in [2.75, 3.05) is 13.1 Å². The number of oxime groups is 1. The van der Waals surface area contributed by atoms with E-state index in [0.717, 1.165) is 60.7 Å². The van der Waals surface area contributed by atoms with Gasteiger partial charge in [0.2, 0.25) is 5.78 Å². The maximum atomic E-state index is 13.2. The number of aromatic nitrogens is 1. The minimum atomic E-state index is -0.282. The number of fused-ring (bicyclic) bond motifs is 3. The van der Waals surface area contributed by atoms with Gasteiger partial charge in [0.05, 0.1) is 0 Å². The van der Waals surface area contributed by atoms with Crippen molar-refractivity contribution < 1.29 is 19.9 Å². The molecule has 3 N–H and O–H groups in total. The van der Waals surface area contributed by atoms with Gasteiger partial charge in [-0.25, -0.2) is 0 Å². The normalized spacial score (nSPS) is 14.2. The number of rotatable bonds is 10. The fraction of sp³-hybridized carbons (Fsp3) is 0.300. The van der Waals surface area contributed by atoms with Crippen LogP contribution in [0.1, 0.15) is 58.9 Å². The highest BCUT2D eigenvalue weighted by Gasteiger charge is 2.21. The topological polar surface area (TPSA) is 104 Å². The van der Waals surface area contributed by atoms with Crippen LogP contribution in [0.4, 0.5) is 0 Å². The highest BCUT2D eigenvalue weighted by Crippen LogP contribution is 2.32. The fourth-order valence-electron chi connectivity index (χ4n) is 4.99. The van der Waals surface area contributed by atoms with Crippen LogP contribution in [-0.2, 0) is 6.54 Å². The van der Waals surface area contributed by atoms with Crippen LogP contribution in [-0.4, -0.2) is 45.2 Å². The lowest BCUT2D eigenvalue weighted by Crippen LogP contribution is -2.42. The molecule has 1 aliphatic rings. The zero-order valence-corrected chi connectivity index (χ0v) is 20.9. The maximum absolute atomic E-state index is 13.2. The molecular formula is C30H31N3O4. The number of unbranched alkanes of at least 4 members (excludes halogenated alkanes) is 1. The Morgan fingerprint density at radius 1 is 0.946 bits per heavy atom. The zero-order valence-electron chi connectivity index (χ0n) is 20.9. The third-order valence-electron chi connectivity index (χ3n) is 7.30. The Hall–Kier alpha value is -3.97. The molecular weight excluding hydrogens is 466 g/mol. The van der Waals surface area contributed by atoms with Crippen molar-refractivity contribution >= 4 is 39.1 Å². The molecule has 0 saturated carbocycles. The number of aromatic hydroxyl groups is 1. The van der Waals surface area contributed by atoms with Gasteiger partial charge in [-0.2, -0.15) is 0 Å². The number of carbonyl (C=O) groups excluding carboxylic acids is 2. The number of ketones is 2. The van der Waals surface area contributed by atoms with Crippen LogP contribution in [0.15, 0.2) is 65.8 Å². The van der Waals surface area contributed by atoms with Gasteiger partial charge in [-0.1, -0.05) is 18.5 Å². The van der Waals surface area contributed by atoms with Gasteiger partial charge in [-0.3, -0.25) is 9.59 Å². The molecule has 0 spiro atoms. The molecule has 2 heterocycles. The first-order chi connectivity index (χ1) is 18.0. The van der Waals surface area contributed by atoms with E-state index < -0.39 is 0 Å². The number of phenols is 1. The van der Waals surface area contributed by atoms with E-state index in [-0.39, 0.29) is 23.0 Å². The summed E-state index contributed by atoms with van der Waals surface area (Å²) in [5.41, 5.74) is 3.67. The molecule has 7 heteroatoms. The standard InChI is InChI=1S/C30H31N3O4/c1-2-3-4-26(32-37)30(36)22-8-12-28-25(16-22)24-15-21(29(35)20-5-9-23(34)10-6-20)7-11-27(24)33(28)14-13-19-17-31-18-19/h5-12,15-16,19,31,34,37H,2-4,13-14,17-18H2,1H3/b32-26+. The van der Waals surface area contributed by atoms with Crippen molar-refractivity contribution in [2.24, 2.45) is 11.1 Å². The average molecular weight is 498 g/mol. The highest BCUT2D eigenvalue weighted by molar-refractivity contribution is 6.46. The SMILES string of the molecule is CCCC/C(=N\O)C(=O)c1ccc2c(c1)c1cc(C(=O)c3ccc(O)cc3)ccc1n2CCC1CNC1. The lowest BCUT2D eigenvalue weighted by molar-refractivity contribution is 0.103. The monoisotopic (exact) mass is 497 g/mol. The minimum Gasteiger partial charge on any atom is -0.508 e. The molecule has 7 nitrogen and oxygen atoms in total. The van der Waals surface area contributed by atoms with E-state index >= 15 is 0 Å². The summed E-state index contributed by atoms with van der Waals surface area (Å²) in [6.45, 7) is 4.92. The Labute approximate surface area is 215 Å². The van der Waals surface area contributed by atoms with Crippen molar-refractivity contribution in [3.63, 3.8) is 0 Å². The van der Waals surface area contributed by atoms with Crippen LogP contribution in [0.25, 0.3) is 21.8 Å². The predicted octanol–water partition coefficient (Wildman–Crippen LogP) is 5.54. The van der Waals surface area contributed by atoms with Gasteiger partial charge >= 0.3 is 0 Å². The van der Waals surface area contributed by atoms with Crippen molar-refractivity contribution in [3.8, 4) is 5.75 Å². The largest absolute Gasteiger partial charge is 0.508 e. The van der Waals surface area contributed by atoms with E-state index in [4.69, 9.17) is 0 Å². The lowest BCUT2D eigenvalue weighted by Gasteiger charge is -2.27. The summed E-state index contributed by atoms with van der Waals surface area (Å²) >= 11 is 0. The van der Waals surface area contributed by atoms with Crippen molar-refractivity contribution in [2.45, 2.75) is 39.2 Å². The van der Waals surface area contributed by atoms with Gasteiger partial charge < -0.3 is 20.2 Å². The zero-order chi connectivity index (χ0) is 25.9. The van der Waals surface area contributed by atoms with Crippen molar-refractivity contribution in [1.82, 2.24) is 9.88 Å². The smallest absolute Gasteiger partial charge is 0.210 e. The maximum Gasteiger partial charge on any atom is 0.210 e. The number of aryl methyl sites for hydroxylation is 1. The Morgan fingerprint density at radius 2 is 1.57 bits per heavy atom. The first-order valence-corrected chi connectivity index (χ1v) is 12.9. The van der Waals surface area contributed by atoms with E-state index in [2.05, 4.69) is 15.0 Å². The number of hydrogen-bond donors (Lipinski definition) is 3. The van der Waals surface area contributed by atoms with Gasteiger partial charge in [-0.05, 0) is 98.9 Å². The molecule has 1 fully saturated rings. The molecule has 0 amide bonds. The molecule has 37 heavy (non-hydrogen) atoms. The van der Waals surface area contributed by atoms with E-state index in [1.165, 1.54) is 12.1 Å². The summed E-state index contributed by atoms with van der Waals surface area (Å²) in [5.74, 6) is 0.338. The Kier molecular flexibility index (Phi) is 7.06. The average Bonchev–Trinajstić information content (AvgIpc) is 3.20. The summed E-state index contributed by atoms with van der Waals surface area (Å²) in [4.78, 5) is 26.4. The molecule has 5 rings (SSSR count). The van der Waals surface area contributed by atoms with Gasteiger partial charge in [0, 0.05) is 45.0 Å². The van der Waals surface area contributed by atoms with E-state index in [9.17, 15) is 19.9 Å². The summed E-state index contributed by atoms with van der Waals surface area (Å²) in [5, 5.41) is 27.4. The Morgan fingerprint density at radius 3 is 2.16 bits per heavy atom. The minimum absolute atomic E-state index is 0.110. The Bertz CT molecular complexity index is 1500. The molecule has 4 aromatic rings. The van der Waals surface area contributed by atoms with Crippen LogP contribution in [0.3, 0.4) is 0 Å². The second kappa shape index (κ2) is 10.6. The number of nitrogens with one attached hydrogen (secondary N) is 1. The molecule has 1 aromatic heterocycles. The summed E-state index contributed by atoms with van der Waals surface area (Å²) < 4.78 is 2.27. The van der Waals surface area contributed by atoms with Crippen LogP contribution in [0.5, 0.6) is 5.75 Å². The second-order valence-electron chi connectivity index (χ2n) is 9.78. The molecule has 0 atom stereocenters.